The molecular weight excluding hydrogens is 399 g/mol. The number of nitrogens with zero attached hydrogens (tertiary/aromatic N) is 3. The number of halogens is 1. The molecule has 31 heavy (non-hydrogen) atoms. The Kier molecular flexibility index (Phi) is 4.76. The molecule has 3 heterocycles. The van der Waals surface area contributed by atoms with Gasteiger partial charge in [-0.1, -0.05) is 32.9 Å². The minimum atomic E-state index is -1.04. The second kappa shape index (κ2) is 7.08. The number of carbonyl (C=O) groups excluding carboxylic acids is 1. The van der Waals surface area contributed by atoms with Crippen LogP contribution in [-0.2, 0) is 0 Å². The molecule has 3 N–H and O–H groups in total. The van der Waals surface area contributed by atoms with Gasteiger partial charge in [-0.15, -0.1) is 0 Å². The summed E-state index contributed by atoms with van der Waals surface area (Å²) in [5.41, 5.74) is 8.37. The van der Waals surface area contributed by atoms with Crippen molar-refractivity contribution in [2.24, 2.45) is 11.3 Å². The molecule has 1 saturated heterocycles. The second-order valence-electron chi connectivity index (χ2n) is 9.12. The first-order valence-corrected chi connectivity index (χ1v) is 10.1. The van der Waals surface area contributed by atoms with Crippen molar-refractivity contribution in [3.05, 3.63) is 53.6 Å². The highest BCUT2D eigenvalue weighted by atomic mass is 19.1. The third-order valence-corrected chi connectivity index (χ3v) is 6.04. The Morgan fingerprint density at radius 1 is 1.23 bits per heavy atom. The molecular formula is C23H25FN4O3. The molecule has 0 bridgehead atoms. The zero-order valence-corrected chi connectivity index (χ0v) is 17.9. The fourth-order valence-corrected chi connectivity index (χ4v) is 4.56. The standard InChI is InChI=1S/C23H25FN4O3/c1-12-14(6-5-7-16(12)24)13-8-9-17-26-21(25)18(27(17)10-13)19(29)15-11-28(22(30)31)20(15)23(2,3)4/h5-10,15,20H,11,25H2,1-4H3,(H,30,31). The van der Waals surface area contributed by atoms with Crippen molar-refractivity contribution in [1.82, 2.24) is 14.3 Å². The van der Waals surface area contributed by atoms with Gasteiger partial charge < -0.3 is 15.7 Å². The fraction of sp³-hybridized carbons (Fsp3) is 0.348. The number of benzene rings is 1. The number of amides is 1. The number of fused-ring (bicyclic) bond motifs is 1. The lowest BCUT2D eigenvalue weighted by atomic mass is 9.70. The lowest BCUT2D eigenvalue weighted by Gasteiger charge is -2.51. The molecule has 162 valence electrons. The van der Waals surface area contributed by atoms with E-state index in [4.69, 9.17) is 5.73 Å². The molecule has 2 aromatic heterocycles. The SMILES string of the molecule is Cc1c(F)cccc1-c1ccc2nc(N)c(C(=O)C3CN(C(=O)O)C3C(C)(C)C)n2c1. The molecule has 0 saturated carbocycles. The number of hydrogen-bond donors (Lipinski definition) is 2. The predicted octanol–water partition coefficient (Wildman–Crippen LogP) is 4.24. The number of hydrogen-bond acceptors (Lipinski definition) is 4. The highest BCUT2D eigenvalue weighted by Gasteiger charge is 2.52. The van der Waals surface area contributed by atoms with E-state index in [1.165, 1.54) is 11.0 Å². The van der Waals surface area contributed by atoms with Crippen LogP contribution in [0, 0.1) is 24.1 Å². The Bertz CT molecular complexity index is 1210. The first-order chi connectivity index (χ1) is 14.5. The molecule has 1 aliphatic heterocycles. The van der Waals surface area contributed by atoms with E-state index in [2.05, 4.69) is 4.98 Å². The third kappa shape index (κ3) is 3.32. The molecule has 2 atom stereocenters. The van der Waals surface area contributed by atoms with E-state index in [9.17, 15) is 19.1 Å². The first kappa shape index (κ1) is 20.8. The summed E-state index contributed by atoms with van der Waals surface area (Å²) >= 11 is 0. The van der Waals surface area contributed by atoms with E-state index in [1.54, 1.807) is 29.7 Å². The molecule has 7 nitrogen and oxygen atoms in total. The van der Waals surface area contributed by atoms with E-state index in [0.29, 0.717) is 16.8 Å². The highest BCUT2D eigenvalue weighted by Crippen LogP contribution is 2.40. The van der Waals surface area contributed by atoms with Crippen LogP contribution in [0.1, 0.15) is 36.8 Å². The molecule has 4 rings (SSSR count). The molecule has 0 radical (unpaired) electrons. The molecule has 8 heteroatoms. The van der Waals surface area contributed by atoms with Crippen LogP contribution in [0.4, 0.5) is 15.0 Å². The van der Waals surface area contributed by atoms with E-state index in [1.807, 2.05) is 32.9 Å². The Morgan fingerprint density at radius 3 is 2.58 bits per heavy atom. The third-order valence-electron chi connectivity index (χ3n) is 6.04. The number of carbonyl (C=O) groups is 2. The highest BCUT2D eigenvalue weighted by molar-refractivity contribution is 6.03. The van der Waals surface area contributed by atoms with E-state index in [-0.39, 0.29) is 29.7 Å². The zero-order valence-electron chi connectivity index (χ0n) is 17.9. The summed E-state index contributed by atoms with van der Waals surface area (Å²) < 4.78 is 15.7. The quantitative estimate of drug-likeness (QED) is 0.613. The Hall–Kier alpha value is -3.42. The van der Waals surface area contributed by atoms with Crippen molar-refractivity contribution in [1.29, 1.82) is 0 Å². The van der Waals surface area contributed by atoms with Crippen LogP contribution in [0.2, 0.25) is 0 Å². The summed E-state index contributed by atoms with van der Waals surface area (Å²) in [7, 11) is 0. The van der Waals surface area contributed by atoms with Crippen LogP contribution in [-0.4, -0.2) is 43.9 Å². The summed E-state index contributed by atoms with van der Waals surface area (Å²) in [5.74, 6) is -0.969. The number of anilines is 1. The number of ketones is 1. The predicted molar refractivity (Wildman–Crippen MR) is 116 cm³/mol. The summed E-state index contributed by atoms with van der Waals surface area (Å²) in [6.07, 6.45) is 0.687. The molecule has 3 aromatic rings. The number of rotatable bonds is 3. The van der Waals surface area contributed by atoms with Crippen molar-refractivity contribution in [3.63, 3.8) is 0 Å². The van der Waals surface area contributed by atoms with Gasteiger partial charge >= 0.3 is 6.09 Å². The van der Waals surface area contributed by atoms with Gasteiger partial charge in [0.15, 0.2) is 11.6 Å². The molecule has 0 aliphatic carbocycles. The topological polar surface area (TPSA) is 101 Å². The average molecular weight is 424 g/mol. The number of pyridine rings is 1. The molecule has 1 aliphatic rings. The van der Waals surface area contributed by atoms with Gasteiger partial charge in [-0.05, 0) is 47.2 Å². The molecule has 0 spiro atoms. The van der Waals surface area contributed by atoms with Crippen LogP contribution in [0.25, 0.3) is 16.8 Å². The van der Waals surface area contributed by atoms with Crippen molar-refractivity contribution in [3.8, 4) is 11.1 Å². The van der Waals surface area contributed by atoms with Gasteiger partial charge in [-0.2, -0.15) is 0 Å². The maximum atomic E-state index is 14.1. The van der Waals surface area contributed by atoms with Crippen molar-refractivity contribution in [2.45, 2.75) is 33.7 Å². The van der Waals surface area contributed by atoms with E-state index in [0.717, 1.165) is 5.56 Å². The zero-order chi connectivity index (χ0) is 22.7. The number of likely N-dealkylation sites (tertiary alicyclic amines) is 1. The Labute approximate surface area is 179 Å². The Balaban J connectivity index is 1.79. The van der Waals surface area contributed by atoms with Gasteiger partial charge in [0.25, 0.3) is 0 Å². The van der Waals surface area contributed by atoms with Crippen molar-refractivity contribution in [2.75, 3.05) is 12.3 Å². The minimum Gasteiger partial charge on any atom is -0.465 e. The molecule has 2 unspecified atom stereocenters. The number of Topliss-reactive ketones (excluding diaryl/α,β-unsaturated/α-hetero) is 1. The molecule has 1 aromatic carbocycles. The van der Waals surface area contributed by atoms with Gasteiger partial charge in [0.1, 0.15) is 17.2 Å². The van der Waals surface area contributed by atoms with Crippen LogP contribution in [0.5, 0.6) is 0 Å². The van der Waals surface area contributed by atoms with Gasteiger partial charge in [0.05, 0.1) is 12.0 Å². The summed E-state index contributed by atoms with van der Waals surface area (Å²) in [6, 6.07) is 7.94. The lowest BCUT2D eigenvalue weighted by molar-refractivity contribution is -0.0238. The smallest absolute Gasteiger partial charge is 0.407 e. The Morgan fingerprint density at radius 2 is 1.94 bits per heavy atom. The van der Waals surface area contributed by atoms with Crippen LogP contribution < -0.4 is 5.73 Å². The van der Waals surface area contributed by atoms with Crippen molar-refractivity contribution < 1.29 is 19.1 Å². The number of imidazole rings is 1. The molecule has 1 fully saturated rings. The van der Waals surface area contributed by atoms with Gasteiger partial charge in [0, 0.05) is 12.7 Å². The largest absolute Gasteiger partial charge is 0.465 e. The number of aromatic nitrogens is 2. The number of nitrogens with two attached hydrogens (primary N) is 1. The monoisotopic (exact) mass is 424 g/mol. The van der Waals surface area contributed by atoms with Crippen LogP contribution >= 0.6 is 0 Å². The fourth-order valence-electron chi connectivity index (χ4n) is 4.56. The first-order valence-electron chi connectivity index (χ1n) is 10.1. The van der Waals surface area contributed by atoms with Crippen molar-refractivity contribution >= 4 is 23.3 Å². The lowest BCUT2D eigenvalue weighted by Crippen LogP contribution is -2.65. The summed E-state index contributed by atoms with van der Waals surface area (Å²) in [4.78, 5) is 30.7. The van der Waals surface area contributed by atoms with Gasteiger partial charge in [-0.3, -0.25) is 9.20 Å². The van der Waals surface area contributed by atoms with Crippen LogP contribution in [0.15, 0.2) is 36.5 Å². The summed E-state index contributed by atoms with van der Waals surface area (Å²) in [5, 5.41) is 9.48. The maximum Gasteiger partial charge on any atom is 0.407 e. The molecule has 1 amide bonds. The second-order valence-corrected chi connectivity index (χ2v) is 9.12. The number of nitrogen functional groups attached to an aromatic ring is 1. The van der Waals surface area contributed by atoms with E-state index < -0.39 is 23.5 Å². The number of carboxylic acid groups (broad SMARTS) is 1. The minimum absolute atomic E-state index is 0.0968. The summed E-state index contributed by atoms with van der Waals surface area (Å²) in [6.45, 7) is 7.55. The van der Waals surface area contributed by atoms with Gasteiger partial charge in [0.2, 0.25) is 0 Å². The maximum absolute atomic E-state index is 14.1. The van der Waals surface area contributed by atoms with E-state index >= 15 is 0 Å². The van der Waals surface area contributed by atoms with Gasteiger partial charge in [-0.25, -0.2) is 14.2 Å². The van der Waals surface area contributed by atoms with Crippen LogP contribution in [0.3, 0.4) is 0 Å². The average Bonchev–Trinajstić information content (AvgIpc) is 2.96. The normalized spacial score (nSPS) is 18.8.